The van der Waals surface area contributed by atoms with Gasteiger partial charge in [-0.05, 0) is 18.6 Å². The predicted octanol–water partition coefficient (Wildman–Crippen LogP) is 1.97. The van der Waals surface area contributed by atoms with E-state index in [-0.39, 0.29) is 11.7 Å². The van der Waals surface area contributed by atoms with Crippen LogP contribution in [-0.4, -0.2) is 17.4 Å². The van der Waals surface area contributed by atoms with Crippen LogP contribution in [0.15, 0.2) is 18.3 Å². The average Bonchev–Trinajstić information content (AvgIpc) is 2.29. The SMILES string of the molecule is CCCCCCNC(=O)c1cccnc1N. The summed E-state index contributed by atoms with van der Waals surface area (Å²) in [5, 5.41) is 2.84. The number of hydrogen-bond donors (Lipinski definition) is 2. The number of pyridine rings is 1. The van der Waals surface area contributed by atoms with Gasteiger partial charge in [0.15, 0.2) is 0 Å². The predicted molar refractivity (Wildman–Crippen MR) is 65.1 cm³/mol. The maximum absolute atomic E-state index is 11.7. The second-order valence-corrected chi connectivity index (χ2v) is 3.75. The van der Waals surface area contributed by atoms with Gasteiger partial charge in [-0.2, -0.15) is 0 Å². The lowest BCUT2D eigenvalue weighted by Crippen LogP contribution is -2.25. The monoisotopic (exact) mass is 221 g/mol. The van der Waals surface area contributed by atoms with Gasteiger partial charge in [-0.25, -0.2) is 4.98 Å². The van der Waals surface area contributed by atoms with E-state index >= 15 is 0 Å². The summed E-state index contributed by atoms with van der Waals surface area (Å²) in [5.41, 5.74) is 6.06. The zero-order chi connectivity index (χ0) is 11.8. The van der Waals surface area contributed by atoms with Crippen molar-refractivity contribution in [2.75, 3.05) is 12.3 Å². The van der Waals surface area contributed by atoms with E-state index in [4.69, 9.17) is 5.73 Å². The molecular formula is C12H19N3O. The second kappa shape index (κ2) is 6.82. The molecule has 0 unspecified atom stereocenters. The van der Waals surface area contributed by atoms with Crippen LogP contribution in [0, 0.1) is 0 Å². The number of nitrogens with one attached hydrogen (secondary N) is 1. The van der Waals surface area contributed by atoms with Crippen molar-refractivity contribution in [2.24, 2.45) is 0 Å². The van der Waals surface area contributed by atoms with Crippen molar-refractivity contribution in [1.29, 1.82) is 0 Å². The third-order valence-corrected chi connectivity index (χ3v) is 2.40. The fraction of sp³-hybridized carbons (Fsp3) is 0.500. The fourth-order valence-electron chi connectivity index (χ4n) is 1.46. The van der Waals surface area contributed by atoms with E-state index in [0.717, 1.165) is 12.8 Å². The first-order valence-corrected chi connectivity index (χ1v) is 5.74. The van der Waals surface area contributed by atoms with Gasteiger partial charge in [0.2, 0.25) is 0 Å². The molecule has 0 saturated heterocycles. The molecule has 1 rings (SSSR count). The van der Waals surface area contributed by atoms with Gasteiger partial charge in [-0.3, -0.25) is 4.79 Å². The summed E-state index contributed by atoms with van der Waals surface area (Å²) < 4.78 is 0. The van der Waals surface area contributed by atoms with Crippen LogP contribution in [0.1, 0.15) is 43.0 Å². The normalized spacial score (nSPS) is 10.1. The van der Waals surface area contributed by atoms with Crippen LogP contribution in [0.5, 0.6) is 0 Å². The summed E-state index contributed by atoms with van der Waals surface area (Å²) in [6.07, 6.45) is 6.15. The molecule has 1 aromatic rings. The minimum atomic E-state index is -0.137. The van der Waals surface area contributed by atoms with E-state index in [1.165, 1.54) is 12.8 Å². The third-order valence-electron chi connectivity index (χ3n) is 2.40. The Bertz CT molecular complexity index is 339. The molecule has 0 aliphatic rings. The summed E-state index contributed by atoms with van der Waals surface area (Å²) in [6, 6.07) is 3.39. The zero-order valence-corrected chi connectivity index (χ0v) is 9.70. The van der Waals surface area contributed by atoms with Gasteiger partial charge < -0.3 is 11.1 Å². The summed E-state index contributed by atoms with van der Waals surface area (Å²) in [4.78, 5) is 15.5. The number of aromatic nitrogens is 1. The lowest BCUT2D eigenvalue weighted by Gasteiger charge is -2.06. The highest BCUT2D eigenvalue weighted by Crippen LogP contribution is 2.06. The Morgan fingerprint density at radius 3 is 2.94 bits per heavy atom. The maximum Gasteiger partial charge on any atom is 0.255 e. The lowest BCUT2D eigenvalue weighted by molar-refractivity contribution is 0.0953. The second-order valence-electron chi connectivity index (χ2n) is 3.75. The van der Waals surface area contributed by atoms with E-state index in [2.05, 4.69) is 17.2 Å². The van der Waals surface area contributed by atoms with Gasteiger partial charge in [0, 0.05) is 12.7 Å². The molecule has 3 N–H and O–H groups in total. The highest BCUT2D eigenvalue weighted by atomic mass is 16.1. The van der Waals surface area contributed by atoms with Crippen molar-refractivity contribution in [3.05, 3.63) is 23.9 Å². The number of anilines is 1. The van der Waals surface area contributed by atoms with Crippen molar-refractivity contribution in [1.82, 2.24) is 10.3 Å². The molecule has 0 bridgehead atoms. The molecule has 0 atom stereocenters. The van der Waals surface area contributed by atoms with Gasteiger partial charge in [0.25, 0.3) is 5.91 Å². The molecule has 0 radical (unpaired) electrons. The van der Waals surface area contributed by atoms with E-state index in [0.29, 0.717) is 12.1 Å². The van der Waals surface area contributed by atoms with Crippen molar-refractivity contribution in [3.63, 3.8) is 0 Å². The molecule has 0 saturated carbocycles. The zero-order valence-electron chi connectivity index (χ0n) is 9.70. The van der Waals surface area contributed by atoms with Gasteiger partial charge >= 0.3 is 0 Å². The number of amides is 1. The quantitative estimate of drug-likeness (QED) is 0.722. The molecule has 0 aliphatic carbocycles. The van der Waals surface area contributed by atoms with Crippen LogP contribution in [0.25, 0.3) is 0 Å². The number of rotatable bonds is 6. The number of carbonyl (C=O) groups excluding carboxylic acids is 1. The minimum Gasteiger partial charge on any atom is -0.383 e. The molecule has 0 fully saturated rings. The Kier molecular flexibility index (Phi) is 5.32. The molecule has 88 valence electrons. The van der Waals surface area contributed by atoms with E-state index in [1.807, 2.05) is 0 Å². The van der Waals surface area contributed by atoms with Crippen LogP contribution >= 0.6 is 0 Å². The Balaban J connectivity index is 2.33. The average molecular weight is 221 g/mol. The van der Waals surface area contributed by atoms with Gasteiger partial charge in [-0.1, -0.05) is 26.2 Å². The highest BCUT2D eigenvalue weighted by Gasteiger charge is 2.08. The summed E-state index contributed by atoms with van der Waals surface area (Å²) >= 11 is 0. The molecule has 1 aromatic heterocycles. The summed E-state index contributed by atoms with van der Waals surface area (Å²) in [7, 11) is 0. The first-order valence-electron chi connectivity index (χ1n) is 5.74. The van der Waals surface area contributed by atoms with Crippen molar-refractivity contribution >= 4 is 11.7 Å². The fourth-order valence-corrected chi connectivity index (χ4v) is 1.46. The minimum absolute atomic E-state index is 0.137. The van der Waals surface area contributed by atoms with Crippen molar-refractivity contribution < 1.29 is 4.79 Å². The molecular weight excluding hydrogens is 202 g/mol. The number of nitrogen functional groups attached to an aromatic ring is 1. The van der Waals surface area contributed by atoms with Gasteiger partial charge in [0.05, 0.1) is 5.56 Å². The van der Waals surface area contributed by atoms with Gasteiger partial charge in [0.1, 0.15) is 5.82 Å². The van der Waals surface area contributed by atoms with Crippen LogP contribution in [0.2, 0.25) is 0 Å². The number of carbonyl (C=O) groups is 1. The number of hydrogen-bond acceptors (Lipinski definition) is 3. The third kappa shape index (κ3) is 3.88. The van der Waals surface area contributed by atoms with Crippen LogP contribution in [-0.2, 0) is 0 Å². The van der Waals surface area contributed by atoms with Gasteiger partial charge in [-0.15, -0.1) is 0 Å². The largest absolute Gasteiger partial charge is 0.383 e. The molecule has 0 aliphatic heterocycles. The first kappa shape index (κ1) is 12.5. The van der Waals surface area contributed by atoms with Crippen molar-refractivity contribution in [2.45, 2.75) is 32.6 Å². The molecule has 1 amide bonds. The van der Waals surface area contributed by atoms with E-state index < -0.39 is 0 Å². The topological polar surface area (TPSA) is 68.0 Å². The number of unbranched alkanes of at least 4 members (excludes halogenated alkanes) is 3. The summed E-state index contributed by atoms with van der Waals surface area (Å²) in [5.74, 6) is 0.149. The molecule has 0 aromatic carbocycles. The number of nitrogens with two attached hydrogens (primary N) is 1. The Morgan fingerprint density at radius 1 is 1.44 bits per heavy atom. The molecule has 4 heteroatoms. The smallest absolute Gasteiger partial charge is 0.255 e. The molecule has 4 nitrogen and oxygen atoms in total. The van der Waals surface area contributed by atoms with E-state index in [1.54, 1.807) is 18.3 Å². The Hall–Kier alpha value is -1.58. The van der Waals surface area contributed by atoms with E-state index in [9.17, 15) is 4.79 Å². The highest BCUT2D eigenvalue weighted by molar-refractivity contribution is 5.98. The maximum atomic E-state index is 11.7. The van der Waals surface area contributed by atoms with Crippen molar-refractivity contribution in [3.8, 4) is 0 Å². The van der Waals surface area contributed by atoms with Crippen LogP contribution < -0.4 is 11.1 Å². The van der Waals surface area contributed by atoms with Crippen LogP contribution in [0.3, 0.4) is 0 Å². The standard InChI is InChI=1S/C12H19N3O/c1-2-3-4-5-8-15-12(16)10-7-6-9-14-11(10)13/h6-7,9H,2-5,8H2,1H3,(H2,13,14)(H,15,16). The lowest BCUT2D eigenvalue weighted by atomic mass is 10.2. The molecule has 0 spiro atoms. The Labute approximate surface area is 96.3 Å². The molecule has 16 heavy (non-hydrogen) atoms. The molecule has 1 heterocycles. The van der Waals surface area contributed by atoms with Crippen LogP contribution in [0.4, 0.5) is 5.82 Å². The number of nitrogens with zero attached hydrogens (tertiary/aromatic N) is 1. The first-order chi connectivity index (χ1) is 7.75. The Morgan fingerprint density at radius 2 is 2.25 bits per heavy atom. The summed E-state index contributed by atoms with van der Waals surface area (Å²) in [6.45, 7) is 2.86.